The molecule has 3 N–H and O–H groups in total. The van der Waals surface area contributed by atoms with Gasteiger partial charge in [0.15, 0.2) is 0 Å². The summed E-state index contributed by atoms with van der Waals surface area (Å²) in [6.07, 6.45) is 0.258. The van der Waals surface area contributed by atoms with Gasteiger partial charge < -0.3 is 15.4 Å². The SMILES string of the molecule is CC(C)C[C@@H](C(=O)NN1C(=O)N[C@@H](C(C)C)C1=O)[C@H](CNC(=O)c1ccccc1)C(=O)OC(C)(C)C. The number of urea groups is 1. The largest absolute Gasteiger partial charge is 0.460 e. The van der Waals surface area contributed by atoms with Crippen LogP contribution >= 0.6 is 0 Å². The Bertz CT molecular complexity index is 970. The first-order chi connectivity index (χ1) is 16.7. The van der Waals surface area contributed by atoms with Gasteiger partial charge in [0.25, 0.3) is 11.8 Å². The second-order valence-electron chi connectivity index (χ2n) is 10.8. The van der Waals surface area contributed by atoms with Crippen LogP contribution < -0.4 is 16.1 Å². The van der Waals surface area contributed by atoms with Crippen molar-refractivity contribution in [1.29, 1.82) is 0 Å². The van der Waals surface area contributed by atoms with E-state index < -0.39 is 53.2 Å². The summed E-state index contributed by atoms with van der Waals surface area (Å²) in [5.41, 5.74) is 1.98. The van der Waals surface area contributed by atoms with E-state index in [-0.39, 0.29) is 24.8 Å². The molecule has 10 heteroatoms. The summed E-state index contributed by atoms with van der Waals surface area (Å²) in [6.45, 7) is 12.3. The van der Waals surface area contributed by atoms with E-state index in [1.54, 1.807) is 65.0 Å². The van der Waals surface area contributed by atoms with Crippen LogP contribution in [-0.2, 0) is 19.1 Å². The van der Waals surface area contributed by atoms with Crippen molar-refractivity contribution in [1.82, 2.24) is 21.1 Å². The predicted molar refractivity (Wildman–Crippen MR) is 133 cm³/mol. The van der Waals surface area contributed by atoms with E-state index in [4.69, 9.17) is 4.74 Å². The van der Waals surface area contributed by atoms with E-state index in [1.165, 1.54) is 0 Å². The number of ether oxygens (including phenoxy) is 1. The molecule has 3 atom stereocenters. The van der Waals surface area contributed by atoms with E-state index in [1.807, 2.05) is 13.8 Å². The zero-order valence-corrected chi connectivity index (χ0v) is 22.1. The molecule has 1 aromatic carbocycles. The quantitative estimate of drug-likeness (QED) is 0.333. The van der Waals surface area contributed by atoms with Crippen molar-refractivity contribution < 1.29 is 28.7 Å². The van der Waals surface area contributed by atoms with Crippen LogP contribution in [0.5, 0.6) is 0 Å². The molecule has 0 radical (unpaired) electrons. The first-order valence-electron chi connectivity index (χ1n) is 12.2. The van der Waals surface area contributed by atoms with E-state index >= 15 is 0 Å². The first kappa shape index (κ1) is 28.8. The number of carbonyl (C=O) groups excluding carboxylic acids is 5. The summed E-state index contributed by atoms with van der Waals surface area (Å²) >= 11 is 0. The maximum absolute atomic E-state index is 13.4. The Labute approximate surface area is 212 Å². The Morgan fingerprint density at radius 2 is 1.64 bits per heavy atom. The lowest BCUT2D eigenvalue weighted by molar-refractivity contribution is -0.164. The van der Waals surface area contributed by atoms with Gasteiger partial charge in [-0.3, -0.25) is 24.6 Å². The van der Waals surface area contributed by atoms with Gasteiger partial charge >= 0.3 is 12.0 Å². The minimum atomic E-state index is -1.05. The van der Waals surface area contributed by atoms with Crippen molar-refractivity contribution in [2.75, 3.05) is 6.54 Å². The molecular formula is C26H38N4O6. The molecule has 1 heterocycles. The molecule has 0 unspecified atom stereocenters. The number of rotatable bonds is 10. The molecule has 10 nitrogen and oxygen atoms in total. The number of benzene rings is 1. The number of hydrogen-bond acceptors (Lipinski definition) is 6. The highest BCUT2D eigenvalue weighted by molar-refractivity contribution is 6.05. The van der Waals surface area contributed by atoms with Crippen LogP contribution in [-0.4, -0.2) is 52.9 Å². The van der Waals surface area contributed by atoms with Gasteiger partial charge in [-0.25, -0.2) is 4.79 Å². The molecule has 5 amide bonds. The zero-order valence-electron chi connectivity index (χ0n) is 22.1. The van der Waals surface area contributed by atoms with Crippen LogP contribution in [0.3, 0.4) is 0 Å². The fourth-order valence-electron chi connectivity index (χ4n) is 3.87. The Morgan fingerprint density at radius 3 is 2.14 bits per heavy atom. The smallest absolute Gasteiger partial charge is 0.344 e. The Hall–Kier alpha value is -3.43. The van der Waals surface area contributed by atoms with Crippen LogP contribution in [0.2, 0.25) is 0 Å². The Balaban J connectivity index is 2.30. The van der Waals surface area contributed by atoms with Crippen LogP contribution in [0.4, 0.5) is 4.79 Å². The molecular weight excluding hydrogens is 464 g/mol. The molecule has 0 bridgehead atoms. The maximum atomic E-state index is 13.4. The standard InChI is InChI=1S/C26H38N4O6/c1-15(2)13-18(22(32)29-30-23(33)20(16(3)4)28-25(30)35)19(24(34)36-26(5,6)7)14-27-21(31)17-11-9-8-10-12-17/h8-12,15-16,18-20H,13-14H2,1-7H3,(H,27,31)(H,28,35)(H,29,32)/t18-,19+,20+/m1/s1. The van der Waals surface area contributed by atoms with Crippen LogP contribution in [0, 0.1) is 23.7 Å². The predicted octanol–water partition coefficient (Wildman–Crippen LogP) is 2.64. The van der Waals surface area contributed by atoms with Gasteiger partial charge in [-0.2, -0.15) is 5.01 Å². The minimum Gasteiger partial charge on any atom is -0.460 e. The number of nitrogens with zero attached hydrogens (tertiary/aromatic N) is 1. The summed E-state index contributed by atoms with van der Waals surface area (Å²) in [5.74, 6) is -4.52. The molecule has 1 saturated heterocycles. The lowest BCUT2D eigenvalue weighted by Crippen LogP contribution is -2.52. The van der Waals surface area contributed by atoms with Gasteiger partial charge in [0.05, 0.1) is 11.8 Å². The molecule has 198 valence electrons. The highest BCUT2D eigenvalue weighted by atomic mass is 16.6. The van der Waals surface area contributed by atoms with Crippen LogP contribution in [0.15, 0.2) is 30.3 Å². The Morgan fingerprint density at radius 1 is 1.03 bits per heavy atom. The molecule has 0 aliphatic carbocycles. The summed E-state index contributed by atoms with van der Waals surface area (Å²) < 4.78 is 5.58. The highest BCUT2D eigenvalue weighted by Crippen LogP contribution is 2.25. The van der Waals surface area contributed by atoms with E-state index in [2.05, 4.69) is 16.1 Å². The van der Waals surface area contributed by atoms with Gasteiger partial charge in [0, 0.05) is 12.1 Å². The van der Waals surface area contributed by atoms with Crippen molar-refractivity contribution in [3.63, 3.8) is 0 Å². The fourth-order valence-corrected chi connectivity index (χ4v) is 3.87. The first-order valence-corrected chi connectivity index (χ1v) is 12.2. The number of hydrogen-bond donors (Lipinski definition) is 3. The lowest BCUT2D eigenvalue weighted by atomic mass is 9.84. The number of esters is 1. The molecule has 0 saturated carbocycles. The second kappa shape index (κ2) is 12.0. The average Bonchev–Trinajstić information content (AvgIpc) is 3.06. The molecule has 1 aliphatic heterocycles. The molecule has 36 heavy (non-hydrogen) atoms. The summed E-state index contributed by atoms with van der Waals surface area (Å²) in [6, 6.07) is 7.01. The van der Waals surface area contributed by atoms with Gasteiger partial charge in [0.2, 0.25) is 5.91 Å². The zero-order chi connectivity index (χ0) is 27.2. The van der Waals surface area contributed by atoms with Crippen molar-refractivity contribution in [3.8, 4) is 0 Å². The molecule has 1 aliphatic rings. The Kier molecular flexibility index (Phi) is 9.61. The monoisotopic (exact) mass is 502 g/mol. The number of imide groups is 1. The van der Waals surface area contributed by atoms with Crippen molar-refractivity contribution in [2.24, 2.45) is 23.7 Å². The second-order valence-corrected chi connectivity index (χ2v) is 10.8. The van der Waals surface area contributed by atoms with Gasteiger partial charge in [-0.15, -0.1) is 0 Å². The minimum absolute atomic E-state index is 0.0120. The third-order valence-electron chi connectivity index (χ3n) is 5.63. The van der Waals surface area contributed by atoms with Crippen molar-refractivity contribution in [2.45, 2.75) is 66.5 Å². The van der Waals surface area contributed by atoms with E-state index in [0.717, 1.165) is 0 Å². The molecule has 2 rings (SSSR count). The van der Waals surface area contributed by atoms with Gasteiger partial charge in [0.1, 0.15) is 11.6 Å². The molecule has 1 fully saturated rings. The molecule has 0 spiro atoms. The van der Waals surface area contributed by atoms with Crippen molar-refractivity contribution >= 4 is 29.7 Å². The highest BCUT2D eigenvalue weighted by Gasteiger charge is 2.43. The summed E-state index contributed by atoms with van der Waals surface area (Å²) in [4.78, 5) is 64.4. The van der Waals surface area contributed by atoms with Gasteiger partial charge in [-0.05, 0) is 51.2 Å². The number of nitrogens with one attached hydrogen (secondary N) is 3. The number of amides is 5. The van der Waals surface area contributed by atoms with E-state index in [0.29, 0.717) is 10.6 Å². The third kappa shape index (κ3) is 7.79. The maximum Gasteiger partial charge on any atom is 0.344 e. The lowest BCUT2D eigenvalue weighted by Gasteiger charge is -2.30. The van der Waals surface area contributed by atoms with Gasteiger partial charge in [-0.1, -0.05) is 45.9 Å². The molecule has 1 aromatic rings. The third-order valence-corrected chi connectivity index (χ3v) is 5.63. The fraction of sp³-hybridized carbons (Fsp3) is 0.577. The number of hydrazine groups is 1. The average molecular weight is 503 g/mol. The van der Waals surface area contributed by atoms with Crippen LogP contribution in [0.1, 0.15) is 65.2 Å². The van der Waals surface area contributed by atoms with Crippen molar-refractivity contribution in [3.05, 3.63) is 35.9 Å². The van der Waals surface area contributed by atoms with E-state index in [9.17, 15) is 24.0 Å². The summed E-state index contributed by atoms with van der Waals surface area (Å²) in [5, 5.41) is 5.94. The summed E-state index contributed by atoms with van der Waals surface area (Å²) in [7, 11) is 0. The van der Waals surface area contributed by atoms with Crippen LogP contribution in [0.25, 0.3) is 0 Å². The normalized spacial score (nSPS) is 17.6. The molecule has 0 aromatic heterocycles. The topological polar surface area (TPSA) is 134 Å². The number of carbonyl (C=O) groups is 5.